The molecular weight excluding hydrogens is 168 g/mol. The standard InChI is InChI=1S/C9H16N2O2/c1-4-9(2,3)11-6-5-7(12)10-8(11)13/h4-6H2,1-3H3,(H,10,12,13). The van der Waals surface area contributed by atoms with Crippen molar-refractivity contribution in [3.8, 4) is 0 Å². The van der Waals surface area contributed by atoms with E-state index in [1.165, 1.54) is 0 Å². The van der Waals surface area contributed by atoms with E-state index in [2.05, 4.69) is 5.32 Å². The first-order valence-electron chi connectivity index (χ1n) is 4.59. The highest BCUT2D eigenvalue weighted by Crippen LogP contribution is 2.20. The molecule has 0 radical (unpaired) electrons. The molecule has 74 valence electrons. The topological polar surface area (TPSA) is 49.4 Å². The zero-order valence-electron chi connectivity index (χ0n) is 8.39. The Morgan fingerprint density at radius 3 is 2.54 bits per heavy atom. The van der Waals surface area contributed by atoms with Crippen LogP contribution in [0.5, 0.6) is 0 Å². The lowest BCUT2D eigenvalue weighted by atomic mass is 9.98. The predicted molar refractivity (Wildman–Crippen MR) is 49.2 cm³/mol. The van der Waals surface area contributed by atoms with E-state index in [0.717, 1.165) is 6.42 Å². The smallest absolute Gasteiger partial charge is 0.319 e. The summed E-state index contributed by atoms with van der Waals surface area (Å²) in [6, 6.07) is -0.261. The molecule has 0 aromatic rings. The molecular formula is C9H16N2O2. The molecule has 0 unspecified atom stereocenters. The second kappa shape index (κ2) is 3.36. The van der Waals surface area contributed by atoms with Gasteiger partial charge < -0.3 is 4.90 Å². The minimum Gasteiger partial charge on any atom is -0.319 e. The van der Waals surface area contributed by atoms with Crippen LogP contribution in [0.25, 0.3) is 0 Å². The van der Waals surface area contributed by atoms with E-state index in [9.17, 15) is 9.59 Å². The highest BCUT2D eigenvalue weighted by atomic mass is 16.2. The third kappa shape index (κ3) is 1.99. The van der Waals surface area contributed by atoms with Crippen LogP contribution in [0.4, 0.5) is 4.79 Å². The van der Waals surface area contributed by atoms with E-state index in [1.807, 2.05) is 20.8 Å². The average Bonchev–Trinajstić information content (AvgIpc) is 2.03. The molecule has 4 nitrogen and oxygen atoms in total. The Labute approximate surface area is 78.3 Å². The van der Waals surface area contributed by atoms with Crippen LogP contribution in [0.1, 0.15) is 33.6 Å². The maximum Gasteiger partial charge on any atom is 0.324 e. The molecule has 0 aliphatic carbocycles. The second-order valence-corrected chi connectivity index (χ2v) is 3.92. The highest BCUT2D eigenvalue weighted by Gasteiger charge is 2.33. The summed E-state index contributed by atoms with van der Waals surface area (Å²) < 4.78 is 0. The van der Waals surface area contributed by atoms with Gasteiger partial charge in [0.25, 0.3) is 0 Å². The van der Waals surface area contributed by atoms with Gasteiger partial charge in [-0.1, -0.05) is 6.92 Å². The van der Waals surface area contributed by atoms with E-state index in [4.69, 9.17) is 0 Å². The van der Waals surface area contributed by atoms with E-state index >= 15 is 0 Å². The monoisotopic (exact) mass is 184 g/mol. The van der Waals surface area contributed by atoms with Crippen molar-refractivity contribution in [2.45, 2.75) is 39.2 Å². The minimum atomic E-state index is -0.261. The molecule has 0 spiro atoms. The summed E-state index contributed by atoms with van der Waals surface area (Å²) >= 11 is 0. The number of urea groups is 1. The Morgan fingerprint density at radius 2 is 2.08 bits per heavy atom. The molecule has 1 heterocycles. The van der Waals surface area contributed by atoms with Crippen molar-refractivity contribution in [2.24, 2.45) is 0 Å². The van der Waals surface area contributed by atoms with E-state index in [0.29, 0.717) is 13.0 Å². The minimum absolute atomic E-state index is 0.162. The largest absolute Gasteiger partial charge is 0.324 e. The Bertz CT molecular complexity index is 236. The maximum atomic E-state index is 11.4. The fourth-order valence-electron chi connectivity index (χ4n) is 1.33. The first-order chi connectivity index (χ1) is 5.97. The lowest BCUT2D eigenvalue weighted by molar-refractivity contribution is -0.122. The molecule has 1 saturated heterocycles. The molecule has 0 aromatic carbocycles. The zero-order valence-corrected chi connectivity index (χ0v) is 8.39. The zero-order chi connectivity index (χ0) is 10.1. The van der Waals surface area contributed by atoms with E-state index < -0.39 is 0 Å². The molecule has 1 fully saturated rings. The van der Waals surface area contributed by atoms with Gasteiger partial charge in [0.1, 0.15) is 0 Å². The Hall–Kier alpha value is -1.06. The van der Waals surface area contributed by atoms with Crippen LogP contribution < -0.4 is 5.32 Å². The molecule has 1 aliphatic heterocycles. The average molecular weight is 184 g/mol. The SMILES string of the molecule is CCC(C)(C)N1CCC(=O)NC1=O. The third-order valence-corrected chi connectivity index (χ3v) is 2.65. The molecule has 1 aliphatic rings. The van der Waals surface area contributed by atoms with Gasteiger partial charge in [-0.2, -0.15) is 0 Å². The number of nitrogens with one attached hydrogen (secondary N) is 1. The molecule has 3 amide bonds. The number of nitrogens with zero attached hydrogens (tertiary/aromatic N) is 1. The van der Waals surface area contributed by atoms with Crippen molar-refractivity contribution in [3.63, 3.8) is 0 Å². The first kappa shape index (κ1) is 10.0. The van der Waals surface area contributed by atoms with Crippen molar-refractivity contribution in [2.75, 3.05) is 6.54 Å². The van der Waals surface area contributed by atoms with Gasteiger partial charge in [0, 0.05) is 18.5 Å². The van der Waals surface area contributed by atoms with Gasteiger partial charge >= 0.3 is 6.03 Å². The van der Waals surface area contributed by atoms with Crippen LogP contribution in [-0.2, 0) is 4.79 Å². The highest BCUT2D eigenvalue weighted by molar-refractivity contribution is 5.96. The molecule has 13 heavy (non-hydrogen) atoms. The molecule has 1 rings (SSSR count). The van der Waals surface area contributed by atoms with Gasteiger partial charge in [-0.15, -0.1) is 0 Å². The van der Waals surface area contributed by atoms with Crippen LogP contribution in [0.3, 0.4) is 0 Å². The number of hydrogen-bond acceptors (Lipinski definition) is 2. The summed E-state index contributed by atoms with van der Waals surface area (Å²) in [6.07, 6.45) is 1.30. The van der Waals surface area contributed by atoms with Gasteiger partial charge in [-0.25, -0.2) is 4.79 Å². The normalized spacial score (nSPS) is 18.8. The van der Waals surface area contributed by atoms with Crippen molar-refractivity contribution >= 4 is 11.9 Å². The summed E-state index contributed by atoms with van der Waals surface area (Å²) in [5.41, 5.74) is -0.162. The van der Waals surface area contributed by atoms with Crippen molar-refractivity contribution in [1.82, 2.24) is 10.2 Å². The van der Waals surface area contributed by atoms with Crippen molar-refractivity contribution in [3.05, 3.63) is 0 Å². The van der Waals surface area contributed by atoms with Crippen LogP contribution >= 0.6 is 0 Å². The third-order valence-electron chi connectivity index (χ3n) is 2.65. The molecule has 1 N–H and O–H groups in total. The van der Waals surface area contributed by atoms with E-state index in [1.54, 1.807) is 4.90 Å². The fraction of sp³-hybridized carbons (Fsp3) is 0.778. The quantitative estimate of drug-likeness (QED) is 0.699. The summed E-state index contributed by atoms with van der Waals surface area (Å²) in [5.74, 6) is -0.173. The van der Waals surface area contributed by atoms with Crippen LogP contribution in [0, 0.1) is 0 Å². The van der Waals surface area contributed by atoms with Crippen LogP contribution in [0.2, 0.25) is 0 Å². The Kier molecular flexibility index (Phi) is 2.59. The van der Waals surface area contributed by atoms with Gasteiger partial charge in [0.15, 0.2) is 0 Å². The van der Waals surface area contributed by atoms with E-state index in [-0.39, 0.29) is 17.5 Å². The molecule has 0 bridgehead atoms. The van der Waals surface area contributed by atoms with Crippen molar-refractivity contribution < 1.29 is 9.59 Å². The number of carbonyl (C=O) groups excluding carboxylic acids is 2. The molecule has 0 aromatic heterocycles. The van der Waals surface area contributed by atoms with Crippen LogP contribution in [-0.4, -0.2) is 28.9 Å². The molecule has 0 atom stereocenters. The number of carbonyl (C=O) groups is 2. The Morgan fingerprint density at radius 1 is 1.46 bits per heavy atom. The second-order valence-electron chi connectivity index (χ2n) is 3.92. The molecule has 0 saturated carbocycles. The summed E-state index contributed by atoms with van der Waals surface area (Å²) in [6.45, 7) is 6.57. The number of amides is 3. The van der Waals surface area contributed by atoms with Gasteiger partial charge in [-0.3, -0.25) is 10.1 Å². The first-order valence-corrected chi connectivity index (χ1v) is 4.59. The summed E-state index contributed by atoms with van der Waals surface area (Å²) in [7, 11) is 0. The number of rotatable bonds is 2. The molecule has 4 heteroatoms. The maximum absolute atomic E-state index is 11.4. The van der Waals surface area contributed by atoms with Gasteiger partial charge in [0.2, 0.25) is 5.91 Å². The number of imide groups is 1. The van der Waals surface area contributed by atoms with Crippen molar-refractivity contribution in [1.29, 1.82) is 0 Å². The summed E-state index contributed by atoms with van der Waals surface area (Å²) in [5, 5.41) is 2.32. The fourth-order valence-corrected chi connectivity index (χ4v) is 1.33. The number of hydrogen-bond donors (Lipinski definition) is 1. The predicted octanol–water partition coefficient (Wildman–Crippen LogP) is 1.12. The lowest BCUT2D eigenvalue weighted by Crippen LogP contribution is -2.57. The summed E-state index contributed by atoms with van der Waals surface area (Å²) in [4.78, 5) is 24.0. The van der Waals surface area contributed by atoms with Gasteiger partial charge in [-0.05, 0) is 20.3 Å². The van der Waals surface area contributed by atoms with Crippen LogP contribution in [0.15, 0.2) is 0 Å². The lowest BCUT2D eigenvalue weighted by Gasteiger charge is -2.39. The van der Waals surface area contributed by atoms with Gasteiger partial charge in [0.05, 0.1) is 0 Å². The Balaban J connectivity index is 2.71.